The SMILES string of the molecule is C/C=C/CCC1CNc2ccccc2N1. The van der Waals surface area contributed by atoms with Crippen molar-refractivity contribution in [2.24, 2.45) is 0 Å². The van der Waals surface area contributed by atoms with Crippen molar-refractivity contribution in [1.29, 1.82) is 0 Å². The molecule has 2 rings (SSSR count). The van der Waals surface area contributed by atoms with E-state index in [0.29, 0.717) is 6.04 Å². The second-order valence-electron chi connectivity index (χ2n) is 3.91. The fraction of sp³-hybridized carbons (Fsp3) is 0.385. The third-order valence-electron chi connectivity index (χ3n) is 2.74. The quantitative estimate of drug-likeness (QED) is 0.735. The second-order valence-corrected chi connectivity index (χ2v) is 3.91. The highest BCUT2D eigenvalue weighted by molar-refractivity contribution is 5.70. The van der Waals surface area contributed by atoms with Crippen molar-refractivity contribution in [2.75, 3.05) is 17.2 Å². The molecule has 0 saturated heterocycles. The minimum atomic E-state index is 0.552. The molecular formula is C13H18N2. The van der Waals surface area contributed by atoms with Crippen LogP contribution in [0.1, 0.15) is 19.8 Å². The summed E-state index contributed by atoms with van der Waals surface area (Å²) in [5, 5.41) is 7.01. The molecule has 0 spiro atoms. The Kier molecular flexibility index (Phi) is 3.28. The maximum Gasteiger partial charge on any atom is 0.0578 e. The summed E-state index contributed by atoms with van der Waals surface area (Å²) in [5.74, 6) is 0. The summed E-state index contributed by atoms with van der Waals surface area (Å²) in [6.45, 7) is 3.09. The summed E-state index contributed by atoms with van der Waals surface area (Å²) in [4.78, 5) is 0. The van der Waals surface area contributed by atoms with Crippen molar-refractivity contribution in [1.82, 2.24) is 0 Å². The number of hydrogen-bond acceptors (Lipinski definition) is 2. The van der Waals surface area contributed by atoms with Crippen molar-refractivity contribution in [3.8, 4) is 0 Å². The molecule has 2 N–H and O–H groups in total. The maximum atomic E-state index is 3.56. The number of rotatable bonds is 3. The first-order chi connectivity index (χ1) is 7.40. The van der Waals surface area contributed by atoms with Crippen molar-refractivity contribution in [3.05, 3.63) is 36.4 Å². The first-order valence-electron chi connectivity index (χ1n) is 5.61. The molecule has 80 valence electrons. The van der Waals surface area contributed by atoms with Crippen molar-refractivity contribution in [2.45, 2.75) is 25.8 Å². The zero-order valence-corrected chi connectivity index (χ0v) is 9.16. The largest absolute Gasteiger partial charge is 0.381 e. The van der Waals surface area contributed by atoms with Crippen LogP contribution in [0.15, 0.2) is 36.4 Å². The van der Waals surface area contributed by atoms with Crippen LogP contribution in [0.2, 0.25) is 0 Å². The molecule has 0 saturated carbocycles. The van der Waals surface area contributed by atoms with Gasteiger partial charge in [0, 0.05) is 12.6 Å². The highest BCUT2D eigenvalue weighted by Crippen LogP contribution is 2.26. The molecule has 1 atom stereocenters. The zero-order valence-electron chi connectivity index (χ0n) is 9.16. The minimum Gasteiger partial charge on any atom is -0.381 e. The Morgan fingerprint density at radius 2 is 2.13 bits per heavy atom. The summed E-state index contributed by atoms with van der Waals surface area (Å²) in [6, 6.07) is 8.93. The summed E-state index contributed by atoms with van der Waals surface area (Å²) >= 11 is 0. The number of para-hydroxylation sites is 2. The van der Waals surface area contributed by atoms with E-state index in [2.05, 4.69) is 54.0 Å². The minimum absolute atomic E-state index is 0.552. The molecule has 0 amide bonds. The normalized spacial score (nSPS) is 19.4. The zero-order chi connectivity index (χ0) is 10.5. The lowest BCUT2D eigenvalue weighted by molar-refractivity contribution is 0.677. The average Bonchev–Trinajstić information content (AvgIpc) is 2.29. The fourth-order valence-corrected chi connectivity index (χ4v) is 1.91. The van der Waals surface area contributed by atoms with Crippen LogP contribution in [0, 0.1) is 0 Å². The van der Waals surface area contributed by atoms with Gasteiger partial charge in [0.15, 0.2) is 0 Å². The Hall–Kier alpha value is -1.44. The van der Waals surface area contributed by atoms with Crippen LogP contribution in [0.3, 0.4) is 0 Å². The molecule has 1 aromatic carbocycles. The van der Waals surface area contributed by atoms with Crippen molar-refractivity contribution < 1.29 is 0 Å². The van der Waals surface area contributed by atoms with E-state index in [1.165, 1.54) is 17.8 Å². The third-order valence-corrected chi connectivity index (χ3v) is 2.74. The van der Waals surface area contributed by atoms with Gasteiger partial charge in [-0.3, -0.25) is 0 Å². The van der Waals surface area contributed by atoms with Crippen LogP contribution in [0.5, 0.6) is 0 Å². The van der Waals surface area contributed by atoms with Gasteiger partial charge in [0.1, 0.15) is 0 Å². The standard InChI is InChI=1S/C13H18N2/c1-2-3-4-7-11-10-14-12-8-5-6-9-13(12)15-11/h2-3,5-6,8-9,11,14-15H,4,7,10H2,1H3/b3-2+. The van der Waals surface area contributed by atoms with Gasteiger partial charge in [-0.2, -0.15) is 0 Å². The van der Waals surface area contributed by atoms with E-state index in [9.17, 15) is 0 Å². The molecule has 15 heavy (non-hydrogen) atoms. The van der Waals surface area contributed by atoms with Gasteiger partial charge < -0.3 is 10.6 Å². The van der Waals surface area contributed by atoms with E-state index in [4.69, 9.17) is 0 Å². The highest BCUT2D eigenvalue weighted by atomic mass is 15.1. The van der Waals surface area contributed by atoms with Gasteiger partial charge in [-0.15, -0.1) is 0 Å². The molecule has 0 aromatic heterocycles. The summed E-state index contributed by atoms with van der Waals surface area (Å²) in [7, 11) is 0. The molecule has 2 heteroatoms. The van der Waals surface area contributed by atoms with Crippen molar-refractivity contribution in [3.63, 3.8) is 0 Å². The van der Waals surface area contributed by atoms with Crippen LogP contribution in [0.4, 0.5) is 11.4 Å². The number of hydrogen-bond donors (Lipinski definition) is 2. The Balaban J connectivity index is 1.94. The first-order valence-corrected chi connectivity index (χ1v) is 5.61. The number of allylic oxidation sites excluding steroid dienone is 2. The summed E-state index contributed by atoms with van der Waals surface area (Å²) in [5.41, 5.74) is 2.45. The number of anilines is 2. The molecule has 0 aliphatic carbocycles. The third kappa shape index (κ3) is 2.52. The Labute approximate surface area is 91.4 Å². The van der Waals surface area contributed by atoms with Crippen LogP contribution >= 0.6 is 0 Å². The van der Waals surface area contributed by atoms with Gasteiger partial charge in [0.2, 0.25) is 0 Å². The second kappa shape index (κ2) is 4.87. The molecule has 0 fully saturated rings. The van der Waals surface area contributed by atoms with E-state index < -0.39 is 0 Å². The Morgan fingerprint density at radius 1 is 1.33 bits per heavy atom. The van der Waals surface area contributed by atoms with Crippen LogP contribution < -0.4 is 10.6 Å². The maximum absolute atomic E-state index is 3.56. The molecule has 0 bridgehead atoms. The Morgan fingerprint density at radius 3 is 2.93 bits per heavy atom. The van der Waals surface area contributed by atoms with Gasteiger partial charge in [-0.1, -0.05) is 24.3 Å². The fourth-order valence-electron chi connectivity index (χ4n) is 1.91. The van der Waals surface area contributed by atoms with E-state index in [0.717, 1.165) is 13.0 Å². The summed E-state index contributed by atoms with van der Waals surface area (Å²) in [6.07, 6.45) is 6.68. The van der Waals surface area contributed by atoms with Gasteiger partial charge in [-0.25, -0.2) is 0 Å². The highest BCUT2D eigenvalue weighted by Gasteiger charge is 2.15. The number of nitrogens with one attached hydrogen (secondary N) is 2. The number of fused-ring (bicyclic) bond motifs is 1. The molecule has 1 aliphatic rings. The van der Waals surface area contributed by atoms with E-state index in [-0.39, 0.29) is 0 Å². The molecule has 1 heterocycles. The monoisotopic (exact) mass is 202 g/mol. The molecule has 1 aliphatic heterocycles. The topological polar surface area (TPSA) is 24.1 Å². The van der Waals surface area contributed by atoms with Gasteiger partial charge in [0.05, 0.1) is 11.4 Å². The van der Waals surface area contributed by atoms with Crippen LogP contribution in [-0.4, -0.2) is 12.6 Å². The smallest absolute Gasteiger partial charge is 0.0578 e. The van der Waals surface area contributed by atoms with Gasteiger partial charge >= 0.3 is 0 Å². The average molecular weight is 202 g/mol. The van der Waals surface area contributed by atoms with Crippen LogP contribution in [0.25, 0.3) is 0 Å². The van der Waals surface area contributed by atoms with Gasteiger partial charge in [-0.05, 0) is 31.9 Å². The predicted molar refractivity (Wildman–Crippen MR) is 66.4 cm³/mol. The lowest BCUT2D eigenvalue weighted by Crippen LogP contribution is -2.32. The molecule has 1 unspecified atom stereocenters. The molecule has 0 radical (unpaired) electrons. The predicted octanol–water partition coefficient (Wildman–Crippen LogP) is 3.25. The van der Waals surface area contributed by atoms with E-state index in [1.54, 1.807) is 0 Å². The van der Waals surface area contributed by atoms with Gasteiger partial charge in [0.25, 0.3) is 0 Å². The lowest BCUT2D eigenvalue weighted by Gasteiger charge is -2.28. The Bertz CT molecular complexity index is 344. The molecule has 1 aromatic rings. The van der Waals surface area contributed by atoms with Crippen LogP contribution in [-0.2, 0) is 0 Å². The summed E-state index contributed by atoms with van der Waals surface area (Å²) < 4.78 is 0. The van der Waals surface area contributed by atoms with E-state index >= 15 is 0 Å². The van der Waals surface area contributed by atoms with Crippen molar-refractivity contribution >= 4 is 11.4 Å². The number of benzene rings is 1. The molecular weight excluding hydrogens is 184 g/mol. The van der Waals surface area contributed by atoms with E-state index in [1.807, 2.05) is 0 Å². The first kappa shape index (κ1) is 10.1. The lowest BCUT2D eigenvalue weighted by atomic mass is 10.1. The molecule has 2 nitrogen and oxygen atoms in total.